The Morgan fingerprint density at radius 1 is 1.09 bits per heavy atom. The molecule has 0 spiro atoms. The molecule has 1 aliphatic heterocycles. The number of methoxy groups -OCH3 is 2. The smallest absolute Gasteiger partial charge is 0.337 e. The molecule has 0 aromatic heterocycles. The fourth-order valence-electron chi connectivity index (χ4n) is 3.29. The van der Waals surface area contributed by atoms with Gasteiger partial charge in [0.15, 0.2) is 0 Å². The first-order valence-electron chi connectivity index (χ1n) is 9.97. The number of para-hydroxylation sites is 1. The Labute approximate surface area is 185 Å². The maximum atomic E-state index is 12.8. The van der Waals surface area contributed by atoms with Crippen LogP contribution in [0, 0.1) is 0 Å². The lowest BCUT2D eigenvalue weighted by Crippen LogP contribution is -2.31. The summed E-state index contributed by atoms with van der Waals surface area (Å²) in [6, 6.07) is 14.0. The van der Waals surface area contributed by atoms with Crippen LogP contribution in [0.25, 0.3) is 0 Å². The van der Waals surface area contributed by atoms with Crippen LogP contribution in [0.4, 0.5) is 5.69 Å². The van der Waals surface area contributed by atoms with Crippen molar-refractivity contribution in [1.29, 1.82) is 0 Å². The van der Waals surface area contributed by atoms with Crippen LogP contribution in [0.2, 0.25) is 0 Å². The zero-order valence-electron chi connectivity index (χ0n) is 17.9. The summed E-state index contributed by atoms with van der Waals surface area (Å²) in [7, 11) is 2.81. The molecule has 1 heterocycles. The predicted octanol–water partition coefficient (Wildman–Crippen LogP) is 1.30. The van der Waals surface area contributed by atoms with E-state index >= 15 is 0 Å². The van der Waals surface area contributed by atoms with Crippen LogP contribution in [0.1, 0.15) is 15.9 Å². The number of anilines is 1. The number of hydrogen-bond acceptors (Lipinski definition) is 7. The number of ether oxygens (including phenoxy) is 2. The standard InChI is InChI=1S/C23H25N3O6/c1-31-16-9-7-15(8-10-16)13-24-21(28)17-5-3-4-6-19(17)25-20-18(23(30)32-2)14-26(11-12-27)22(20)29/h3-10,25,27H,11-14H2,1-2H3,(H,24,28). The van der Waals surface area contributed by atoms with E-state index in [4.69, 9.17) is 9.47 Å². The summed E-state index contributed by atoms with van der Waals surface area (Å²) in [5.41, 5.74) is 1.74. The predicted molar refractivity (Wildman–Crippen MR) is 117 cm³/mol. The maximum Gasteiger partial charge on any atom is 0.337 e. The summed E-state index contributed by atoms with van der Waals surface area (Å²) in [4.78, 5) is 39.1. The second-order valence-electron chi connectivity index (χ2n) is 7.00. The first-order valence-corrected chi connectivity index (χ1v) is 9.97. The van der Waals surface area contributed by atoms with Crippen molar-refractivity contribution in [1.82, 2.24) is 10.2 Å². The van der Waals surface area contributed by atoms with Gasteiger partial charge in [0, 0.05) is 13.1 Å². The number of aliphatic hydroxyl groups excluding tert-OH is 1. The summed E-state index contributed by atoms with van der Waals surface area (Å²) in [6.45, 7) is 0.156. The highest BCUT2D eigenvalue weighted by Crippen LogP contribution is 2.25. The minimum absolute atomic E-state index is 0.0141. The minimum Gasteiger partial charge on any atom is -0.497 e. The van der Waals surface area contributed by atoms with Gasteiger partial charge in [0.2, 0.25) is 0 Å². The van der Waals surface area contributed by atoms with Gasteiger partial charge in [-0.25, -0.2) is 4.79 Å². The molecule has 2 aromatic rings. The molecule has 0 aliphatic carbocycles. The zero-order valence-corrected chi connectivity index (χ0v) is 17.9. The summed E-state index contributed by atoms with van der Waals surface area (Å²) in [5.74, 6) is -0.724. The van der Waals surface area contributed by atoms with E-state index < -0.39 is 11.9 Å². The number of aliphatic hydroxyl groups is 1. The first kappa shape index (κ1) is 22.8. The number of hydrogen-bond donors (Lipinski definition) is 3. The molecule has 32 heavy (non-hydrogen) atoms. The van der Waals surface area contributed by atoms with Crippen molar-refractivity contribution in [2.75, 3.05) is 39.2 Å². The van der Waals surface area contributed by atoms with Crippen LogP contribution in [0.5, 0.6) is 5.75 Å². The van der Waals surface area contributed by atoms with Gasteiger partial charge in [-0.3, -0.25) is 9.59 Å². The number of esters is 1. The highest BCUT2D eigenvalue weighted by atomic mass is 16.5. The summed E-state index contributed by atoms with van der Waals surface area (Å²) < 4.78 is 9.92. The molecule has 2 aromatic carbocycles. The van der Waals surface area contributed by atoms with Crippen molar-refractivity contribution in [3.8, 4) is 5.75 Å². The number of nitrogens with zero attached hydrogens (tertiary/aromatic N) is 1. The highest BCUT2D eigenvalue weighted by molar-refractivity contribution is 6.09. The van der Waals surface area contributed by atoms with Gasteiger partial charge in [0.1, 0.15) is 11.4 Å². The highest BCUT2D eigenvalue weighted by Gasteiger charge is 2.34. The third-order valence-electron chi connectivity index (χ3n) is 5.00. The van der Waals surface area contributed by atoms with E-state index in [-0.39, 0.29) is 36.9 Å². The Morgan fingerprint density at radius 2 is 1.81 bits per heavy atom. The number of carbonyl (C=O) groups is 3. The topological polar surface area (TPSA) is 117 Å². The van der Waals surface area contributed by atoms with Crippen LogP contribution in [-0.2, 0) is 20.9 Å². The molecule has 9 heteroatoms. The van der Waals surface area contributed by atoms with Gasteiger partial charge in [-0.15, -0.1) is 0 Å². The fraction of sp³-hybridized carbons (Fsp3) is 0.261. The number of carbonyl (C=O) groups excluding carboxylic acids is 3. The molecule has 0 atom stereocenters. The van der Waals surface area contributed by atoms with E-state index in [0.29, 0.717) is 17.8 Å². The SMILES string of the molecule is COC(=O)C1=C(Nc2ccccc2C(=O)NCc2ccc(OC)cc2)C(=O)N(CCO)C1. The quantitative estimate of drug-likeness (QED) is 0.504. The molecule has 0 saturated heterocycles. The van der Waals surface area contributed by atoms with E-state index in [0.717, 1.165) is 11.3 Å². The number of nitrogens with one attached hydrogen (secondary N) is 2. The minimum atomic E-state index is -0.650. The summed E-state index contributed by atoms with van der Waals surface area (Å²) in [6.07, 6.45) is 0. The van der Waals surface area contributed by atoms with Gasteiger partial charge >= 0.3 is 5.97 Å². The Bertz CT molecular complexity index is 1030. The van der Waals surface area contributed by atoms with E-state index in [1.807, 2.05) is 24.3 Å². The molecule has 1 aliphatic rings. The van der Waals surface area contributed by atoms with Gasteiger partial charge in [-0.05, 0) is 29.8 Å². The third kappa shape index (κ3) is 5.06. The van der Waals surface area contributed by atoms with Gasteiger partial charge in [-0.2, -0.15) is 0 Å². The van der Waals surface area contributed by atoms with E-state index in [1.54, 1.807) is 31.4 Å². The Morgan fingerprint density at radius 3 is 2.47 bits per heavy atom. The average molecular weight is 439 g/mol. The van der Waals surface area contributed by atoms with E-state index in [1.165, 1.54) is 12.0 Å². The number of rotatable bonds is 9. The van der Waals surface area contributed by atoms with Crippen LogP contribution >= 0.6 is 0 Å². The summed E-state index contributed by atoms with van der Waals surface area (Å²) in [5, 5.41) is 15.0. The molecule has 3 rings (SSSR count). The zero-order chi connectivity index (χ0) is 23.1. The molecular weight excluding hydrogens is 414 g/mol. The van der Waals surface area contributed by atoms with Crippen molar-refractivity contribution >= 4 is 23.5 Å². The summed E-state index contributed by atoms with van der Waals surface area (Å²) >= 11 is 0. The third-order valence-corrected chi connectivity index (χ3v) is 5.00. The molecule has 0 radical (unpaired) electrons. The van der Waals surface area contributed by atoms with Crippen molar-refractivity contribution in [3.63, 3.8) is 0 Å². The van der Waals surface area contributed by atoms with Crippen molar-refractivity contribution in [2.45, 2.75) is 6.54 Å². The van der Waals surface area contributed by atoms with Crippen molar-refractivity contribution in [3.05, 3.63) is 70.9 Å². The molecule has 168 valence electrons. The largest absolute Gasteiger partial charge is 0.497 e. The molecule has 2 amide bonds. The molecule has 0 fully saturated rings. The molecular formula is C23H25N3O6. The lowest BCUT2D eigenvalue weighted by Gasteiger charge is -2.16. The van der Waals surface area contributed by atoms with Gasteiger partial charge in [0.05, 0.1) is 44.2 Å². The van der Waals surface area contributed by atoms with Crippen LogP contribution in [0.15, 0.2) is 59.8 Å². The van der Waals surface area contributed by atoms with Crippen LogP contribution in [0.3, 0.4) is 0 Å². The van der Waals surface area contributed by atoms with E-state index in [9.17, 15) is 19.5 Å². The Hall–Kier alpha value is -3.85. The van der Waals surface area contributed by atoms with Crippen LogP contribution in [-0.4, -0.2) is 61.7 Å². The first-order chi connectivity index (χ1) is 15.5. The fourth-order valence-corrected chi connectivity index (χ4v) is 3.29. The maximum absolute atomic E-state index is 12.8. The van der Waals surface area contributed by atoms with Gasteiger partial charge in [-0.1, -0.05) is 24.3 Å². The molecule has 0 bridgehead atoms. The van der Waals surface area contributed by atoms with Gasteiger partial charge in [0.25, 0.3) is 11.8 Å². The van der Waals surface area contributed by atoms with Crippen molar-refractivity contribution in [2.24, 2.45) is 0 Å². The van der Waals surface area contributed by atoms with Crippen LogP contribution < -0.4 is 15.4 Å². The molecule has 0 saturated carbocycles. The Kier molecular flexibility index (Phi) is 7.45. The molecule has 3 N–H and O–H groups in total. The molecule has 9 nitrogen and oxygen atoms in total. The normalized spacial score (nSPS) is 13.2. The van der Waals surface area contributed by atoms with E-state index in [2.05, 4.69) is 10.6 Å². The number of β-amino-alcohol motifs (C(OH)–C–C–N with tert-alkyl or cyclic N) is 1. The monoisotopic (exact) mass is 439 g/mol. The lowest BCUT2D eigenvalue weighted by atomic mass is 10.1. The Balaban J connectivity index is 1.79. The number of benzene rings is 2. The van der Waals surface area contributed by atoms with Gasteiger partial charge < -0.3 is 30.1 Å². The van der Waals surface area contributed by atoms with Crippen molar-refractivity contribution < 1.29 is 29.0 Å². The second-order valence-corrected chi connectivity index (χ2v) is 7.00. The lowest BCUT2D eigenvalue weighted by molar-refractivity contribution is -0.136. The number of amides is 2. The average Bonchev–Trinajstić information content (AvgIpc) is 3.13. The second kappa shape index (κ2) is 10.5. The molecule has 0 unspecified atom stereocenters.